The van der Waals surface area contributed by atoms with Crippen molar-refractivity contribution in [2.24, 2.45) is 0 Å². The molecule has 1 aromatic heterocycles. The number of benzene rings is 1. The largest absolute Gasteiger partial charge is 0.480 e. The quantitative estimate of drug-likeness (QED) is 0.709. The lowest BCUT2D eigenvalue weighted by atomic mass is 10.1. The zero-order valence-corrected chi connectivity index (χ0v) is 11.3. The molecule has 0 unspecified atom stereocenters. The maximum absolute atomic E-state index is 12.1. The van der Waals surface area contributed by atoms with Crippen LogP contribution in [-0.2, 0) is 14.3 Å². The zero-order chi connectivity index (χ0) is 15.4. The van der Waals surface area contributed by atoms with Gasteiger partial charge < -0.3 is 20.1 Å². The second kappa shape index (κ2) is 6.08. The average Bonchev–Trinajstić information content (AvgIpc) is 2.93. The third-order valence-electron chi connectivity index (χ3n) is 3.02. The van der Waals surface area contributed by atoms with Gasteiger partial charge in [0.1, 0.15) is 6.04 Å². The number of ether oxygens (including phenoxy) is 1. The first-order valence-electron chi connectivity index (χ1n) is 6.19. The van der Waals surface area contributed by atoms with E-state index >= 15 is 0 Å². The van der Waals surface area contributed by atoms with Crippen molar-refractivity contribution in [1.29, 1.82) is 0 Å². The molecule has 110 valence electrons. The first-order valence-corrected chi connectivity index (χ1v) is 6.19. The number of hydrogen-bond donors (Lipinski definition) is 3. The number of carbonyl (C=O) groups excluding carboxylic acids is 2. The van der Waals surface area contributed by atoms with E-state index < -0.39 is 30.3 Å². The predicted octanol–water partition coefficient (Wildman–Crippen LogP) is 0.914. The molecule has 0 aliphatic rings. The van der Waals surface area contributed by atoms with Crippen LogP contribution in [0.15, 0.2) is 30.5 Å². The number of rotatable bonds is 5. The van der Waals surface area contributed by atoms with Gasteiger partial charge in [0.05, 0.1) is 13.5 Å². The summed E-state index contributed by atoms with van der Waals surface area (Å²) < 4.78 is 4.41. The van der Waals surface area contributed by atoms with Crippen molar-refractivity contribution < 1.29 is 24.2 Å². The van der Waals surface area contributed by atoms with Gasteiger partial charge in [-0.15, -0.1) is 0 Å². The minimum Gasteiger partial charge on any atom is -0.480 e. The molecule has 1 atom stereocenters. The Bertz CT molecular complexity index is 691. The second-order valence-electron chi connectivity index (χ2n) is 4.42. The van der Waals surface area contributed by atoms with Gasteiger partial charge in [0.15, 0.2) is 0 Å². The van der Waals surface area contributed by atoms with Crippen molar-refractivity contribution in [2.75, 3.05) is 7.11 Å². The van der Waals surface area contributed by atoms with E-state index in [9.17, 15) is 14.4 Å². The number of nitrogens with one attached hydrogen (secondary N) is 2. The van der Waals surface area contributed by atoms with Crippen LogP contribution >= 0.6 is 0 Å². The highest BCUT2D eigenvalue weighted by atomic mass is 16.5. The minimum absolute atomic E-state index is 0.318. The minimum atomic E-state index is -1.33. The van der Waals surface area contributed by atoms with Crippen molar-refractivity contribution in [3.63, 3.8) is 0 Å². The van der Waals surface area contributed by atoms with E-state index in [1.54, 1.807) is 30.5 Å². The molecule has 3 N–H and O–H groups in total. The highest BCUT2D eigenvalue weighted by Crippen LogP contribution is 2.14. The Morgan fingerprint density at radius 3 is 2.76 bits per heavy atom. The summed E-state index contributed by atoms with van der Waals surface area (Å²) in [4.78, 5) is 37.3. The molecule has 1 heterocycles. The molecule has 0 spiro atoms. The molecule has 0 aliphatic carbocycles. The van der Waals surface area contributed by atoms with E-state index in [-0.39, 0.29) is 0 Å². The third-order valence-corrected chi connectivity index (χ3v) is 3.02. The van der Waals surface area contributed by atoms with E-state index in [4.69, 9.17) is 5.11 Å². The summed E-state index contributed by atoms with van der Waals surface area (Å²) in [6.45, 7) is 0. The van der Waals surface area contributed by atoms with Gasteiger partial charge in [0.2, 0.25) is 0 Å². The Hall–Kier alpha value is -2.83. The molecule has 21 heavy (non-hydrogen) atoms. The fraction of sp³-hybridized carbons (Fsp3) is 0.214. The molecule has 0 radical (unpaired) electrons. The molecular formula is C14H14N2O5. The van der Waals surface area contributed by atoms with Crippen molar-refractivity contribution in [3.05, 3.63) is 36.0 Å². The Morgan fingerprint density at radius 1 is 1.33 bits per heavy atom. The summed E-state index contributed by atoms with van der Waals surface area (Å²) in [6.07, 6.45) is 1.31. The Labute approximate surface area is 119 Å². The molecule has 1 aromatic carbocycles. The van der Waals surface area contributed by atoms with E-state index in [0.717, 1.165) is 18.0 Å². The maximum atomic E-state index is 12.1. The Balaban J connectivity index is 2.14. The van der Waals surface area contributed by atoms with Gasteiger partial charge in [-0.2, -0.15) is 0 Å². The molecule has 0 saturated heterocycles. The van der Waals surface area contributed by atoms with Gasteiger partial charge in [-0.1, -0.05) is 0 Å². The number of hydrogen-bond acceptors (Lipinski definition) is 4. The van der Waals surface area contributed by atoms with Gasteiger partial charge in [0.25, 0.3) is 5.91 Å². The summed E-state index contributed by atoms with van der Waals surface area (Å²) in [5.74, 6) is -2.56. The zero-order valence-electron chi connectivity index (χ0n) is 11.3. The van der Waals surface area contributed by atoms with Crippen LogP contribution in [0.5, 0.6) is 0 Å². The number of H-pyrrole nitrogens is 1. The lowest BCUT2D eigenvalue weighted by Crippen LogP contribution is -2.42. The molecule has 7 heteroatoms. The van der Waals surface area contributed by atoms with Gasteiger partial charge in [0, 0.05) is 22.7 Å². The molecule has 7 nitrogen and oxygen atoms in total. The van der Waals surface area contributed by atoms with Crippen LogP contribution in [0.1, 0.15) is 16.8 Å². The lowest BCUT2D eigenvalue weighted by molar-refractivity contribution is -0.147. The van der Waals surface area contributed by atoms with Crippen LogP contribution in [0.25, 0.3) is 10.9 Å². The Morgan fingerprint density at radius 2 is 2.10 bits per heavy atom. The lowest BCUT2D eigenvalue weighted by Gasteiger charge is -2.13. The van der Waals surface area contributed by atoms with E-state index in [1.807, 2.05) is 0 Å². The maximum Gasteiger partial charge on any atom is 0.326 e. The van der Waals surface area contributed by atoms with E-state index in [1.165, 1.54) is 0 Å². The summed E-state index contributed by atoms with van der Waals surface area (Å²) in [7, 11) is 1.16. The molecule has 0 aliphatic heterocycles. The first kappa shape index (κ1) is 14.6. The number of methoxy groups -OCH3 is 1. The number of fused-ring (bicyclic) bond motifs is 1. The molecule has 0 fully saturated rings. The van der Waals surface area contributed by atoms with Crippen LogP contribution in [-0.4, -0.2) is 41.1 Å². The highest BCUT2D eigenvalue weighted by molar-refractivity contribution is 6.00. The first-order chi connectivity index (χ1) is 10.0. The number of carboxylic acids is 1. The summed E-state index contributed by atoms with van der Waals surface area (Å²) in [5.41, 5.74) is 1.19. The van der Waals surface area contributed by atoms with Crippen LogP contribution < -0.4 is 5.32 Å². The molecule has 0 bridgehead atoms. The number of amides is 1. The molecule has 1 amide bonds. The topological polar surface area (TPSA) is 108 Å². The second-order valence-corrected chi connectivity index (χ2v) is 4.42. The fourth-order valence-electron chi connectivity index (χ4n) is 1.89. The van der Waals surface area contributed by atoms with E-state index in [2.05, 4.69) is 15.0 Å². The summed E-state index contributed by atoms with van der Waals surface area (Å²) in [5, 5.41) is 12.2. The van der Waals surface area contributed by atoms with Gasteiger partial charge in [-0.3, -0.25) is 9.59 Å². The number of esters is 1. The monoisotopic (exact) mass is 290 g/mol. The van der Waals surface area contributed by atoms with Gasteiger partial charge in [-0.05, 0) is 24.3 Å². The van der Waals surface area contributed by atoms with Crippen LogP contribution in [0.4, 0.5) is 0 Å². The fourth-order valence-corrected chi connectivity index (χ4v) is 1.89. The highest BCUT2D eigenvalue weighted by Gasteiger charge is 2.24. The number of aromatic nitrogens is 1. The van der Waals surface area contributed by atoms with Crippen molar-refractivity contribution >= 4 is 28.7 Å². The SMILES string of the molecule is COC(=O)C[C@H](NC(=O)c1ccc2[nH]ccc2c1)C(=O)O. The average molecular weight is 290 g/mol. The molecule has 2 aromatic rings. The molecule has 2 rings (SSSR count). The van der Waals surface area contributed by atoms with Crippen molar-refractivity contribution in [3.8, 4) is 0 Å². The van der Waals surface area contributed by atoms with Crippen LogP contribution in [0.2, 0.25) is 0 Å². The number of aromatic amines is 1. The molecule has 0 saturated carbocycles. The number of aliphatic carboxylic acids is 1. The predicted molar refractivity (Wildman–Crippen MR) is 73.8 cm³/mol. The van der Waals surface area contributed by atoms with Gasteiger partial charge in [-0.25, -0.2) is 4.79 Å². The number of carboxylic acid groups (broad SMARTS) is 1. The normalized spacial score (nSPS) is 11.9. The summed E-state index contributed by atoms with van der Waals surface area (Å²) in [6, 6.07) is 5.41. The standard InChI is InChI=1S/C14H14N2O5/c1-21-12(17)7-11(14(19)20)16-13(18)9-2-3-10-8(6-9)4-5-15-10/h2-6,11,15H,7H2,1H3,(H,16,18)(H,19,20)/t11-/m0/s1. The van der Waals surface area contributed by atoms with Crippen molar-refractivity contribution in [1.82, 2.24) is 10.3 Å². The number of carbonyl (C=O) groups is 3. The Kier molecular flexibility index (Phi) is 4.22. The van der Waals surface area contributed by atoms with Gasteiger partial charge >= 0.3 is 11.9 Å². The summed E-state index contributed by atoms with van der Waals surface area (Å²) >= 11 is 0. The third kappa shape index (κ3) is 3.38. The molecular weight excluding hydrogens is 276 g/mol. The van der Waals surface area contributed by atoms with E-state index in [0.29, 0.717) is 5.56 Å². The van der Waals surface area contributed by atoms with Crippen LogP contribution in [0, 0.1) is 0 Å². The van der Waals surface area contributed by atoms with Crippen LogP contribution in [0.3, 0.4) is 0 Å². The smallest absolute Gasteiger partial charge is 0.326 e. The van der Waals surface area contributed by atoms with Crippen molar-refractivity contribution in [2.45, 2.75) is 12.5 Å².